The van der Waals surface area contributed by atoms with Crippen molar-refractivity contribution in [2.45, 2.75) is 133 Å². The van der Waals surface area contributed by atoms with Crippen molar-refractivity contribution < 1.29 is 0 Å². The Kier molecular flexibility index (Phi) is 22.7. The van der Waals surface area contributed by atoms with Crippen molar-refractivity contribution in [3.05, 3.63) is 0 Å². The van der Waals surface area contributed by atoms with E-state index < -0.39 is 0 Å². The van der Waals surface area contributed by atoms with Crippen LogP contribution in [0, 0.1) is 0 Å². The molecule has 0 rings (SSSR count). The molecule has 0 saturated carbocycles. The highest BCUT2D eigenvalue weighted by atomic mass is 15.2. The Bertz CT molecular complexity index is 318. The van der Waals surface area contributed by atoms with Gasteiger partial charge in [-0.05, 0) is 107 Å². The van der Waals surface area contributed by atoms with Crippen molar-refractivity contribution in [2.24, 2.45) is 0 Å². The average molecular weight is 457 g/mol. The van der Waals surface area contributed by atoms with E-state index in [2.05, 4.69) is 103 Å². The van der Waals surface area contributed by atoms with Crippen molar-refractivity contribution in [1.29, 1.82) is 0 Å². The SMILES string of the molecule is CC(C)N(CCN(C(C)C)C(C)C)C(C)C.CCCN(CCC)CCN(CCC)CCC. The molecule has 0 fully saturated rings. The Morgan fingerprint density at radius 1 is 0.344 bits per heavy atom. The molecule has 0 atom stereocenters. The van der Waals surface area contributed by atoms with Gasteiger partial charge in [-0.3, -0.25) is 9.80 Å². The first-order valence-electron chi connectivity index (χ1n) is 14.0. The van der Waals surface area contributed by atoms with Gasteiger partial charge in [0, 0.05) is 50.3 Å². The summed E-state index contributed by atoms with van der Waals surface area (Å²) in [5, 5.41) is 0. The third-order valence-electron chi connectivity index (χ3n) is 6.16. The molecule has 4 nitrogen and oxygen atoms in total. The third kappa shape index (κ3) is 17.3. The maximum Gasteiger partial charge on any atom is 0.0115 e. The number of nitrogens with zero attached hydrogens (tertiary/aromatic N) is 4. The topological polar surface area (TPSA) is 13.0 Å². The lowest BCUT2D eigenvalue weighted by Crippen LogP contribution is -2.46. The predicted molar refractivity (Wildman–Crippen MR) is 148 cm³/mol. The molecule has 4 heteroatoms. The van der Waals surface area contributed by atoms with E-state index in [-0.39, 0.29) is 0 Å². The smallest absolute Gasteiger partial charge is 0.0115 e. The van der Waals surface area contributed by atoms with Gasteiger partial charge in [-0.1, -0.05) is 27.7 Å². The fourth-order valence-electron chi connectivity index (χ4n) is 4.67. The molecule has 0 aliphatic rings. The van der Waals surface area contributed by atoms with Crippen LogP contribution >= 0.6 is 0 Å². The van der Waals surface area contributed by atoms with Crippen LogP contribution in [0.2, 0.25) is 0 Å². The van der Waals surface area contributed by atoms with Crippen LogP contribution in [0.1, 0.15) is 109 Å². The van der Waals surface area contributed by atoms with Crippen LogP contribution in [-0.4, -0.2) is 96.1 Å². The van der Waals surface area contributed by atoms with Crippen molar-refractivity contribution in [3.8, 4) is 0 Å². The zero-order chi connectivity index (χ0) is 25.1. The maximum atomic E-state index is 2.61. The standard InChI is InChI=1S/2C14H32N2/c1-11(2)15(12(3)4)9-10-16(13(5)6)14(7)8;1-5-9-15(10-6-2)13-14-16(11-7-3)12-8-4/h11-14H,9-10H2,1-8H3;5-14H2,1-4H3. The molecule has 196 valence electrons. The van der Waals surface area contributed by atoms with Gasteiger partial charge in [-0.2, -0.15) is 0 Å². The second-order valence-electron chi connectivity index (χ2n) is 10.5. The van der Waals surface area contributed by atoms with Crippen LogP contribution < -0.4 is 0 Å². The Morgan fingerprint density at radius 3 is 0.719 bits per heavy atom. The lowest BCUT2D eigenvalue weighted by atomic mass is 10.2. The van der Waals surface area contributed by atoms with Gasteiger partial charge in [0.2, 0.25) is 0 Å². The Labute approximate surface area is 205 Å². The van der Waals surface area contributed by atoms with E-state index in [9.17, 15) is 0 Å². The van der Waals surface area contributed by atoms with E-state index in [1.54, 1.807) is 0 Å². The van der Waals surface area contributed by atoms with Crippen LogP contribution in [-0.2, 0) is 0 Å². The molecule has 0 aliphatic heterocycles. The molecule has 0 bridgehead atoms. The molecule has 0 aromatic carbocycles. The number of hydrogen-bond donors (Lipinski definition) is 0. The van der Waals surface area contributed by atoms with Crippen LogP contribution in [0.4, 0.5) is 0 Å². The number of rotatable bonds is 18. The summed E-state index contributed by atoms with van der Waals surface area (Å²) in [7, 11) is 0. The number of hydrogen-bond acceptors (Lipinski definition) is 4. The minimum absolute atomic E-state index is 0.640. The van der Waals surface area contributed by atoms with Gasteiger partial charge in [-0.15, -0.1) is 0 Å². The van der Waals surface area contributed by atoms with E-state index in [0.29, 0.717) is 24.2 Å². The van der Waals surface area contributed by atoms with Gasteiger partial charge >= 0.3 is 0 Å². The van der Waals surface area contributed by atoms with Crippen molar-refractivity contribution in [3.63, 3.8) is 0 Å². The van der Waals surface area contributed by atoms with Gasteiger partial charge in [0.15, 0.2) is 0 Å². The fourth-order valence-corrected chi connectivity index (χ4v) is 4.67. The fraction of sp³-hybridized carbons (Fsp3) is 1.00. The summed E-state index contributed by atoms with van der Waals surface area (Å²) < 4.78 is 0. The van der Waals surface area contributed by atoms with Gasteiger partial charge in [0.05, 0.1) is 0 Å². The minimum atomic E-state index is 0.640. The highest BCUT2D eigenvalue weighted by Gasteiger charge is 2.18. The van der Waals surface area contributed by atoms with Crippen LogP contribution in [0.15, 0.2) is 0 Å². The van der Waals surface area contributed by atoms with Crippen LogP contribution in [0.3, 0.4) is 0 Å². The molecule has 0 radical (unpaired) electrons. The second-order valence-corrected chi connectivity index (χ2v) is 10.5. The van der Waals surface area contributed by atoms with Crippen LogP contribution in [0.25, 0.3) is 0 Å². The zero-order valence-electron chi connectivity index (χ0n) is 24.6. The summed E-state index contributed by atoms with van der Waals surface area (Å²) in [6.07, 6.45) is 5.12. The van der Waals surface area contributed by atoms with Crippen LogP contribution in [0.5, 0.6) is 0 Å². The summed E-state index contributed by atoms with van der Waals surface area (Å²) in [4.78, 5) is 10.4. The van der Waals surface area contributed by atoms with Gasteiger partial charge in [-0.25, -0.2) is 0 Å². The van der Waals surface area contributed by atoms with Crippen molar-refractivity contribution >= 4 is 0 Å². The minimum Gasteiger partial charge on any atom is -0.302 e. The monoisotopic (exact) mass is 457 g/mol. The molecule has 0 spiro atoms. The molecule has 0 unspecified atom stereocenters. The predicted octanol–water partition coefficient (Wildman–Crippen LogP) is 6.45. The summed E-state index contributed by atoms with van der Waals surface area (Å²) >= 11 is 0. The van der Waals surface area contributed by atoms with E-state index in [1.165, 1.54) is 78.0 Å². The molecule has 32 heavy (non-hydrogen) atoms. The molecular formula is C28H64N4. The van der Waals surface area contributed by atoms with E-state index in [4.69, 9.17) is 0 Å². The summed E-state index contributed by atoms with van der Waals surface area (Å²) in [5.74, 6) is 0. The third-order valence-corrected chi connectivity index (χ3v) is 6.16. The Balaban J connectivity index is 0. The van der Waals surface area contributed by atoms with Gasteiger partial charge < -0.3 is 9.80 Å². The molecule has 0 heterocycles. The quantitative estimate of drug-likeness (QED) is 0.235. The molecule has 0 aliphatic carbocycles. The molecule has 0 aromatic heterocycles. The second kappa shape index (κ2) is 21.4. The summed E-state index contributed by atoms with van der Waals surface area (Å²) in [6.45, 7) is 37.3. The van der Waals surface area contributed by atoms with Crippen molar-refractivity contribution in [2.75, 3.05) is 52.4 Å². The van der Waals surface area contributed by atoms with Crippen molar-refractivity contribution in [1.82, 2.24) is 19.6 Å². The molecule has 0 aromatic rings. The maximum absolute atomic E-state index is 2.61. The molecular weight excluding hydrogens is 392 g/mol. The van der Waals surface area contributed by atoms with E-state index in [0.717, 1.165) is 0 Å². The Morgan fingerprint density at radius 2 is 0.562 bits per heavy atom. The lowest BCUT2D eigenvalue weighted by Gasteiger charge is -2.36. The Hall–Kier alpha value is -0.160. The first-order chi connectivity index (χ1) is 15.0. The van der Waals surface area contributed by atoms with E-state index >= 15 is 0 Å². The highest BCUT2D eigenvalue weighted by molar-refractivity contribution is 4.73. The molecule has 0 amide bonds. The lowest BCUT2D eigenvalue weighted by molar-refractivity contribution is 0.111. The summed E-state index contributed by atoms with van der Waals surface area (Å²) in [5.41, 5.74) is 0. The molecule has 0 N–H and O–H groups in total. The highest BCUT2D eigenvalue weighted by Crippen LogP contribution is 2.09. The first kappa shape index (κ1) is 34.0. The summed E-state index contributed by atoms with van der Waals surface area (Å²) in [6, 6.07) is 2.56. The van der Waals surface area contributed by atoms with Gasteiger partial charge in [0.1, 0.15) is 0 Å². The first-order valence-corrected chi connectivity index (χ1v) is 14.0. The normalized spacial score (nSPS) is 12.4. The zero-order valence-corrected chi connectivity index (χ0v) is 24.6. The van der Waals surface area contributed by atoms with E-state index in [1.807, 2.05) is 0 Å². The average Bonchev–Trinajstić information content (AvgIpc) is 2.69. The largest absolute Gasteiger partial charge is 0.302 e. The van der Waals surface area contributed by atoms with Gasteiger partial charge in [0.25, 0.3) is 0 Å². The molecule has 0 saturated heterocycles.